The highest BCUT2D eigenvalue weighted by Crippen LogP contribution is 2.20. The lowest BCUT2D eigenvalue weighted by molar-refractivity contribution is -0.114. The van der Waals surface area contributed by atoms with Crippen LogP contribution in [0, 0.1) is 12.8 Å². The van der Waals surface area contributed by atoms with Crippen LogP contribution >= 0.6 is 11.6 Å². The lowest BCUT2D eigenvalue weighted by Gasteiger charge is -2.11. The molecule has 0 atom stereocenters. The van der Waals surface area contributed by atoms with Gasteiger partial charge in [-0.2, -0.15) is 0 Å². The van der Waals surface area contributed by atoms with Gasteiger partial charge in [-0.1, -0.05) is 37.6 Å². The van der Waals surface area contributed by atoms with Crippen molar-refractivity contribution >= 4 is 28.9 Å². The quantitative estimate of drug-likeness (QED) is 0.761. The summed E-state index contributed by atoms with van der Waals surface area (Å²) >= 11 is 6.07. The smallest absolute Gasteiger partial charge is 0.243 e. The van der Waals surface area contributed by atoms with Gasteiger partial charge >= 0.3 is 0 Å². The lowest BCUT2D eigenvalue weighted by Crippen LogP contribution is -2.21. The van der Waals surface area contributed by atoms with E-state index >= 15 is 0 Å². The maximum Gasteiger partial charge on any atom is 0.243 e. The Kier molecular flexibility index (Phi) is 6.50. The third-order valence-corrected chi connectivity index (χ3v) is 3.73. The average molecular weight is 347 g/mol. The Hall–Kier alpha value is -2.20. The van der Waals surface area contributed by atoms with Gasteiger partial charge in [0.1, 0.15) is 5.75 Å². The van der Waals surface area contributed by atoms with Crippen molar-refractivity contribution in [3.05, 3.63) is 53.1 Å². The Morgan fingerprint density at radius 2 is 1.96 bits per heavy atom. The number of ether oxygens (including phenoxy) is 1. The van der Waals surface area contributed by atoms with E-state index in [0.29, 0.717) is 23.2 Å². The maximum atomic E-state index is 12.1. The second-order valence-electron chi connectivity index (χ2n) is 6.10. The number of aryl methyl sites for hydroxylation is 1. The van der Waals surface area contributed by atoms with Gasteiger partial charge in [0.15, 0.2) is 0 Å². The van der Waals surface area contributed by atoms with E-state index in [1.165, 1.54) is 0 Å². The molecule has 4 nitrogen and oxygen atoms in total. The zero-order valence-electron chi connectivity index (χ0n) is 14.2. The highest BCUT2D eigenvalue weighted by atomic mass is 35.5. The SMILES string of the molecule is Cc1ccc(NCC(=O)Nc2cccc(OCC(C)C)c2)cc1Cl. The molecule has 2 aromatic rings. The predicted molar refractivity (Wildman–Crippen MR) is 100 cm³/mol. The predicted octanol–water partition coefficient (Wildman–Crippen LogP) is 4.73. The monoisotopic (exact) mass is 346 g/mol. The molecule has 0 saturated heterocycles. The third-order valence-electron chi connectivity index (χ3n) is 3.33. The van der Waals surface area contributed by atoms with E-state index in [4.69, 9.17) is 16.3 Å². The van der Waals surface area contributed by atoms with Crippen molar-refractivity contribution in [3.8, 4) is 5.75 Å². The topological polar surface area (TPSA) is 50.4 Å². The summed E-state index contributed by atoms with van der Waals surface area (Å²) in [7, 11) is 0. The number of carbonyl (C=O) groups excluding carboxylic acids is 1. The summed E-state index contributed by atoms with van der Waals surface area (Å²) in [6, 6.07) is 13.0. The van der Waals surface area contributed by atoms with Gasteiger partial charge in [-0.05, 0) is 42.7 Å². The van der Waals surface area contributed by atoms with E-state index in [1.807, 2.05) is 49.4 Å². The first-order chi connectivity index (χ1) is 11.4. The first kappa shape index (κ1) is 18.1. The largest absolute Gasteiger partial charge is 0.493 e. The number of benzene rings is 2. The molecule has 1 amide bonds. The van der Waals surface area contributed by atoms with Crippen molar-refractivity contribution in [1.82, 2.24) is 0 Å². The van der Waals surface area contributed by atoms with Crippen LogP contribution in [0.5, 0.6) is 5.75 Å². The van der Waals surface area contributed by atoms with Crippen LogP contribution in [0.4, 0.5) is 11.4 Å². The van der Waals surface area contributed by atoms with Crippen molar-refractivity contribution in [1.29, 1.82) is 0 Å². The molecule has 5 heteroatoms. The molecule has 128 valence electrons. The van der Waals surface area contributed by atoms with Crippen LogP contribution in [-0.2, 0) is 4.79 Å². The number of carbonyl (C=O) groups is 1. The summed E-state index contributed by atoms with van der Waals surface area (Å²) in [6.07, 6.45) is 0. The molecule has 0 bridgehead atoms. The minimum Gasteiger partial charge on any atom is -0.493 e. The molecular weight excluding hydrogens is 324 g/mol. The Balaban J connectivity index is 1.87. The van der Waals surface area contributed by atoms with Crippen molar-refractivity contribution < 1.29 is 9.53 Å². The second kappa shape index (κ2) is 8.60. The van der Waals surface area contributed by atoms with Crippen molar-refractivity contribution in [3.63, 3.8) is 0 Å². The lowest BCUT2D eigenvalue weighted by atomic mass is 10.2. The minimum absolute atomic E-state index is 0.132. The summed E-state index contributed by atoms with van der Waals surface area (Å²) < 4.78 is 5.66. The van der Waals surface area contributed by atoms with Gasteiger partial charge in [0.25, 0.3) is 0 Å². The van der Waals surface area contributed by atoms with E-state index < -0.39 is 0 Å². The van der Waals surface area contributed by atoms with Crippen molar-refractivity contribution in [2.45, 2.75) is 20.8 Å². The Morgan fingerprint density at radius 1 is 1.17 bits per heavy atom. The maximum absolute atomic E-state index is 12.1. The fraction of sp³-hybridized carbons (Fsp3) is 0.316. The van der Waals surface area contributed by atoms with Gasteiger partial charge in [0.05, 0.1) is 13.2 Å². The summed E-state index contributed by atoms with van der Waals surface area (Å²) in [5.41, 5.74) is 2.53. The summed E-state index contributed by atoms with van der Waals surface area (Å²) in [4.78, 5) is 12.1. The van der Waals surface area contributed by atoms with Crippen LogP contribution in [0.1, 0.15) is 19.4 Å². The van der Waals surface area contributed by atoms with Gasteiger partial charge in [0.2, 0.25) is 5.91 Å². The number of rotatable bonds is 7. The highest BCUT2D eigenvalue weighted by Gasteiger charge is 2.05. The molecule has 0 aliphatic heterocycles. The molecule has 0 radical (unpaired) electrons. The first-order valence-corrected chi connectivity index (χ1v) is 8.34. The molecule has 0 heterocycles. The molecule has 0 saturated carbocycles. The summed E-state index contributed by atoms with van der Waals surface area (Å²) in [5, 5.41) is 6.59. The van der Waals surface area contributed by atoms with Crippen LogP contribution in [0.15, 0.2) is 42.5 Å². The number of nitrogens with one attached hydrogen (secondary N) is 2. The number of halogens is 1. The van der Waals surface area contributed by atoms with Gasteiger partial charge in [-0.15, -0.1) is 0 Å². The van der Waals surface area contributed by atoms with Crippen molar-refractivity contribution in [2.75, 3.05) is 23.8 Å². The van der Waals surface area contributed by atoms with Crippen LogP contribution in [0.3, 0.4) is 0 Å². The molecule has 0 aliphatic rings. The zero-order chi connectivity index (χ0) is 17.5. The third kappa shape index (κ3) is 5.78. The number of hydrogen-bond donors (Lipinski definition) is 2. The van der Waals surface area contributed by atoms with E-state index in [9.17, 15) is 4.79 Å². The van der Waals surface area contributed by atoms with E-state index in [2.05, 4.69) is 24.5 Å². The van der Waals surface area contributed by atoms with Gasteiger partial charge in [-0.3, -0.25) is 4.79 Å². The molecule has 0 unspecified atom stereocenters. The first-order valence-electron chi connectivity index (χ1n) is 7.97. The molecule has 0 fully saturated rings. The molecule has 0 aromatic heterocycles. The van der Waals surface area contributed by atoms with E-state index in [0.717, 1.165) is 17.0 Å². The average Bonchev–Trinajstić information content (AvgIpc) is 2.54. The Labute approximate surface area is 148 Å². The standard InChI is InChI=1S/C19H23ClN2O2/c1-13(2)12-24-17-6-4-5-16(9-17)22-19(23)11-21-15-8-7-14(3)18(20)10-15/h4-10,13,21H,11-12H2,1-3H3,(H,22,23). The molecule has 0 aliphatic carbocycles. The number of anilines is 2. The minimum atomic E-state index is -0.132. The molecule has 0 spiro atoms. The highest BCUT2D eigenvalue weighted by molar-refractivity contribution is 6.31. The number of amides is 1. The number of hydrogen-bond acceptors (Lipinski definition) is 3. The molecular formula is C19H23ClN2O2. The summed E-state index contributed by atoms with van der Waals surface area (Å²) in [6.45, 7) is 6.93. The van der Waals surface area contributed by atoms with E-state index in [-0.39, 0.29) is 12.5 Å². The van der Waals surface area contributed by atoms with Gasteiger partial charge < -0.3 is 15.4 Å². The second-order valence-corrected chi connectivity index (χ2v) is 6.51. The molecule has 2 rings (SSSR count). The van der Waals surface area contributed by atoms with Crippen LogP contribution in [-0.4, -0.2) is 19.1 Å². The molecule has 24 heavy (non-hydrogen) atoms. The van der Waals surface area contributed by atoms with E-state index in [1.54, 1.807) is 0 Å². The molecule has 2 aromatic carbocycles. The summed E-state index contributed by atoms with van der Waals surface area (Å²) in [5.74, 6) is 1.07. The van der Waals surface area contributed by atoms with Gasteiger partial charge in [0, 0.05) is 22.5 Å². The Morgan fingerprint density at radius 3 is 2.67 bits per heavy atom. The fourth-order valence-corrected chi connectivity index (χ4v) is 2.20. The van der Waals surface area contributed by atoms with Gasteiger partial charge in [-0.25, -0.2) is 0 Å². The Bertz CT molecular complexity index is 702. The van der Waals surface area contributed by atoms with Crippen LogP contribution in [0.25, 0.3) is 0 Å². The van der Waals surface area contributed by atoms with Crippen LogP contribution in [0.2, 0.25) is 5.02 Å². The fourth-order valence-electron chi connectivity index (χ4n) is 2.02. The van der Waals surface area contributed by atoms with Crippen molar-refractivity contribution in [2.24, 2.45) is 5.92 Å². The van der Waals surface area contributed by atoms with Crippen LogP contribution < -0.4 is 15.4 Å². The molecule has 2 N–H and O–H groups in total. The normalized spacial score (nSPS) is 10.5. The zero-order valence-corrected chi connectivity index (χ0v) is 15.0.